The molecule has 0 aromatic carbocycles. The Morgan fingerprint density at radius 3 is 2.85 bits per heavy atom. The van der Waals surface area contributed by atoms with Gasteiger partial charge < -0.3 is 15.0 Å². The summed E-state index contributed by atoms with van der Waals surface area (Å²) >= 11 is 4.29. The fourth-order valence-electron chi connectivity index (χ4n) is 2.75. The van der Waals surface area contributed by atoms with Gasteiger partial charge in [-0.05, 0) is 19.4 Å². The molecule has 1 aliphatic rings. The topological polar surface area (TPSA) is 85.6 Å². The molecule has 1 aliphatic heterocycles. The molecule has 3 rings (SSSR count). The van der Waals surface area contributed by atoms with Crippen LogP contribution in [0.2, 0.25) is 0 Å². The minimum atomic E-state index is -0.354. The molecular weight excluding hydrogens is 392 g/mol. The summed E-state index contributed by atoms with van der Waals surface area (Å²) in [5.41, 5.74) is 1.56. The highest BCUT2D eigenvalue weighted by Gasteiger charge is 2.30. The number of carbonyl (C=O) groups excluding carboxylic acids is 2. The number of thiophene rings is 1. The van der Waals surface area contributed by atoms with Gasteiger partial charge in [-0.3, -0.25) is 4.79 Å². The van der Waals surface area contributed by atoms with Crippen LogP contribution in [0.1, 0.15) is 32.7 Å². The first kappa shape index (κ1) is 19.3. The van der Waals surface area contributed by atoms with Crippen molar-refractivity contribution in [3.8, 4) is 0 Å². The number of esters is 1. The summed E-state index contributed by atoms with van der Waals surface area (Å²) in [5, 5.41) is 12.3. The van der Waals surface area contributed by atoms with Crippen LogP contribution in [0.3, 0.4) is 0 Å². The minimum Gasteiger partial charge on any atom is -0.462 e. The van der Waals surface area contributed by atoms with E-state index in [1.165, 1.54) is 39.3 Å². The average Bonchev–Trinajstić information content (AvgIpc) is 3.15. The third kappa shape index (κ3) is 4.43. The summed E-state index contributed by atoms with van der Waals surface area (Å²) in [6.45, 7) is 5.81. The van der Waals surface area contributed by atoms with Gasteiger partial charge >= 0.3 is 5.97 Å². The molecule has 2 N–H and O–H groups in total. The Bertz CT molecular complexity index is 818. The lowest BCUT2D eigenvalue weighted by Gasteiger charge is -2.19. The number of likely N-dealkylation sites (N-methyl/N-ethyl adjacent to an activating group) is 1. The number of aryl methyl sites for hydroxylation is 1. The lowest BCUT2D eigenvalue weighted by atomic mass is 10.0. The highest BCUT2D eigenvalue weighted by atomic mass is 32.2. The summed E-state index contributed by atoms with van der Waals surface area (Å²) in [6.07, 6.45) is 0.820. The third-order valence-electron chi connectivity index (χ3n) is 3.92. The first-order valence-electron chi connectivity index (χ1n) is 8.33. The Morgan fingerprint density at radius 1 is 1.35 bits per heavy atom. The number of nitrogens with one attached hydrogen (secondary N) is 2. The maximum atomic E-state index is 12.4. The number of quaternary nitrogens is 1. The van der Waals surface area contributed by atoms with E-state index in [2.05, 4.69) is 22.6 Å². The van der Waals surface area contributed by atoms with E-state index in [0.29, 0.717) is 17.2 Å². The van der Waals surface area contributed by atoms with Gasteiger partial charge in [0.1, 0.15) is 16.6 Å². The van der Waals surface area contributed by atoms with Crippen LogP contribution in [-0.2, 0) is 22.5 Å². The van der Waals surface area contributed by atoms with Crippen LogP contribution in [0.5, 0.6) is 0 Å². The van der Waals surface area contributed by atoms with Gasteiger partial charge in [-0.15, -0.1) is 21.5 Å². The highest BCUT2D eigenvalue weighted by Crippen LogP contribution is 2.35. The molecule has 3 heterocycles. The minimum absolute atomic E-state index is 0.160. The standard InChI is InChI=1S/C16H20N4O3S3/c1-4-23-15(22)13-10-5-6-20(3)7-11(10)26-14(13)17-12(21)8-24-16-19-18-9(2)25-16/h4-8H2,1-3H3,(H,17,21)/p+1. The van der Waals surface area contributed by atoms with Gasteiger partial charge in [0.25, 0.3) is 0 Å². The zero-order chi connectivity index (χ0) is 18.7. The van der Waals surface area contributed by atoms with Crippen molar-refractivity contribution in [2.75, 3.05) is 31.3 Å². The van der Waals surface area contributed by atoms with Crippen molar-refractivity contribution < 1.29 is 19.2 Å². The van der Waals surface area contributed by atoms with Crippen LogP contribution >= 0.6 is 34.4 Å². The molecular formula is C16H21N4O3S3+. The van der Waals surface area contributed by atoms with Crippen LogP contribution in [0.15, 0.2) is 4.34 Å². The Labute approximate surface area is 164 Å². The van der Waals surface area contributed by atoms with Crippen molar-refractivity contribution in [3.05, 3.63) is 21.0 Å². The van der Waals surface area contributed by atoms with Gasteiger partial charge in [-0.2, -0.15) is 0 Å². The van der Waals surface area contributed by atoms with E-state index >= 15 is 0 Å². The number of hydrogen-bond acceptors (Lipinski definition) is 8. The van der Waals surface area contributed by atoms with E-state index in [1.807, 2.05) is 6.92 Å². The van der Waals surface area contributed by atoms with Crippen LogP contribution in [0.25, 0.3) is 0 Å². The molecule has 1 unspecified atom stereocenters. The van der Waals surface area contributed by atoms with Gasteiger partial charge in [0.2, 0.25) is 5.91 Å². The molecule has 26 heavy (non-hydrogen) atoms. The molecule has 1 atom stereocenters. The highest BCUT2D eigenvalue weighted by molar-refractivity contribution is 8.01. The lowest BCUT2D eigenvalue weighted by Crippen LogP contribution is -3.08. The van der Waals surface area contributed by atoms with Crippen molar-refractivity contribution >= 4 is 51.3 Å². The molecule has 140 valence electrons. The number of ether oxygens (including phenoxy) is 1. The van der Waals surface area contributed by atoms with Gasteiger partial charge in [0, 0.05) is 6.42 Å². The number of anilines is 1. The molecule has 2 aromatic heterocycles. The van der Waals surface area contributed by atoms with Gasteiger partial charge in [-0.25, -0.2) is 4.79 Å². The monoisotopic (exact) mass is 413 g/mol. The van der Waals surface area contributed by atoms with Crippen LogP contribution in [0, 0.1) is 6.92 Å². The molecule has 1 amide bonds. The number of aromatic nitrogens is 2. The summed E-state index contributed by atoms with van der Waals surface area (Å²) in [5.74, 6) is -0.287. The molecule has 0 saturated heterocycles. The maximum Gasteiger partial charge on any atom is 0.341 e. The van der Waals surface area contributed by atoms with Crippen molar-refractivity contribution in [3.63, 3.8) is 0 Å². The number of hydrogen-bond donors (Lipinski definition) is 2. The second-order valence-corrected chi connectivity index (χ2v) is 9.50. The van der Waals surface area contributed by atoms with Crippen molar-refractivity contribution in [1.82, 2.24) is 10.2 Å². The van der Waals surface area contributed by atoms with E-state index in [-0.39, 0.29) is 17.6 Å². The first-order valence-corrected chi connectivity index (χ1v) is 11.0. The first-order chi connectivity index (χ1) is 12.5. The molecule has 10 heteroatoms. The fourth-order valence-corrected chi connectivity index (χ4v) is 5.74. The summed E-state index contributed by atoms with van der Waals surface area (Å²) in [7, 11) is 2.13. The van der Waals surface area contributed by atoms with Crippen LogP contribution in [-0.4, -0.2) is 48.0 Å². The van der Waals surface area contributed by atoms with Crippen LogP contribution in [0.4, 0.5) is 5.00 Å². The van der Waals surface area contributed by atoms with E-state index < -0.39 is 0 Å². The van der Waals surface area contributed by atoms with Crippen molar-refractivity contribution in [2.24, 2.45) is 0 Å². The zero-order valence-corrected chi connectivity index (χ0v) is 17.3. The second-order valence-electron chi connectivity index (χ2n) is 5.99. The van der Waals surface area contributed by atoms with E-state index in [4.69, 9.17) is 4.74 Å². The fraction of sp³-hybridized carbons (Fsp3) is 0.500. The SMILES string of the molecule is CCOC(=O)c1c(NC(=O)CSc2nnc(C)s2)sc2c1CC[NH+](C)C2. The third-order valence-corrected chi connectivity index (χ3v) is 7.04. The molecule has 0 saturated carbocycles. The average molecular weight is 414 g/mol. The Hall–Kier alpha value is -1.49. The zero-order valence-electron chi connectivity index (χ0n) is 14.9. The van der Waals surface area contributed by atoms with Crippen LogP contribution < -0.4 is 10.2 Å². The van der Waals surface area contributed by atoms with Crippen molar-refractivity contribution in [2.45, 2.75) is 31.2 Å². The van der Waals surface area contributed by atoms with Gasteiger partial charge in [0.15, 0.2) is 4.34 Å². The normalized spacial score (nSPS) is 16.2. The number of fused-ring (bicyclic) bond motifs is 1. The predicted molar refractivity (Wildman–Crippen MR) is 103 cm³/mol. The van der Waals surface area contributed by atoms with Gasteiger partial charge in [0.05, 0.1) is 36.4 Å². The molecule has 0 radical (unpaired) electrons. The van der Waals surface area contributed by atoms with Gasteiger partial charge in [-0.1, -0.05) is 23.1 Å². The predicted octanol–water partition coefficient (Wildman–Crippen LogP) is 1.39. The lowest BCUT2D eigenvalue weighted by molar-refractivity contribution is -0.895. The quantitative estimate of drug-likeness (QED) is 0.550. The van der Waals surface area contributed by atoms with E-state index in [9.17, 15) is 9.59 Å². The number of carbonyl (C=O) groups is 2. The molecule has 0 spiro atoms. The van der Waals surface area contributed by atoms with E-state index in [0.717, 1.165) is 39.3 Å². The number of rotatable bonds is 6. The molecule has 0 bridgehead atoms. The summed E-state index contributed by atoms with van der Waals surface area (Å²) in [6, 6.07) is 0. The second kappa shape index (κ2) is 8.47. The Morgan fingerprint density at radius 2 is 2.15 bits per heavy atom. The molecule has 0 aliphatic carbocycles. The summed E-state index contributed by atoms with van der Waals surface area (Å²) in [4.78, 5) is 27.4. The Kier molecular flexibility index (Phi) is 6.28. The molecule has 7 nitrogen and oxygen atoms in total. The Balaban J connectivity index is 1.75. The maximum absolute atomic E-state index is 12.4. The number of nitrogens with zero attached hydrogens (tertiary/aromatic N) is 2. The van der Waals surface area contributed by atoms with Crippen molar-refractivity contribution in [1.29, 1.82) is 0 Å². The molecule has 0 fully saturated rings. The van der Waals surface area contributed by atoms with E-state index in [1.54, 1.807) is 6.92 Å². The number of thioether (sulfide) groups is 1. The number of amides is 1. The molecule has 2 aromatic rings. The summed E-state index contributed by atoms with van der Waals surface area (Å²) < 4.78 is 5.98. The largest absolute Gasteiger partial charge is 0.462 e. The smallest absolute Gasteiger partial charge is 0.341 e.